The summed E-state index contributed by atoms with van der Waals surface area (Å²) in [5.41, 5.74) is 2.12. The summed E-state index contributed by atoms with van der Waals surface area (Å²) in [6.45, 7) is 1.04. The van der Waals surface area contributed by atoms with Gasteiger partial charge in [0.2, 0.25) is 0 Å². The van der Waals surface area contributed by atoms with Crippen LogP contribution < -0.4 is 15.6 Å². The summed E-state index contributed by atoms with van der Waals surface area (Å²) < 4.78 is 8.02. The first kappa shape index (κ1) is 20.3. The number of halogens is 1. The first-order chi connectivity index (χ1) is 13.9. The molecule has 1 aliphatic heterocycles. The fraction of sp³-hybridized carbons (Fsp3) is 0.333. The summed E-state index contributed by atoms with van der Waals surface area (Å²) in [5, 5.41) is 24.2. The van der Waals surface area contributed by atoms with E-state index in [0.29, 0.717) is 35.0 Å². The molecule has 9 heteroatoms. The highest BCUT2D eigenvalue weighted by Gasteiger charge is 2.27. The average molecular weight is 432 g/mol. The number of aromatic amines is 1. The van der Waals surface area contributed by atoms with Gasteiger partial charge in [0.25, 0.3) is 5.56 Å². The number of nitrogens with zero attached hydrogens (tertiary/aromatic N) is 1. The molecule has 0 amide bonds. The van der Waals surface area contributed by atoms with Crippen LogP contribution in [0.1, 0.15) is 34.5 Å². The lowest BCUT2D eigenvalue weighted by atomic mass is 9.99. The highest BCUT2D eigenvalue weighted by molar-refractivity contribution is 5.94. The third kappa shape index (κ3) is 3.22. The number of aromatic hydroxyl groups is 1. The number of pyridine rings is 1. The number of rotatable bonds is 4. The number of aromatic carboxylic acids is 1. The van der Waals surface area contributed by atoms with E-state index < -0.39 is 22.8 Å². The van der Waals surface area contributed by atoms with E-state index in [4.69, 9.17) is 4.74 Å². The Morgan fingerprint density at radius 1 is 1.33 bits per heavy atom. The maximum absolute atomic E-state index is 12.3. The van der Waals surface area contributed by atoms with Crippen molar-refractivity contribution in [1.82, 2.24) is 14.9 Å². The van der Waals surface area contributed by atoms with Gasteiger partial charge in [0, 0.05) is 54.3 Å². The number of carboxylic acids is 1. The number of hydrogen-bond donors (Lipinski definition) is 4. The molecule has 0 unspecified atom stereocenters. The van der Waals surface area contributed by atoms with Gasteiger partial charge in [0.15, 0.2) is 5.56 Å². The SMILES string of the molecule is Cl.Cn1c(CNC2CC2)cc2cc3c(cc21)OCCc1c-3[nH]c(=O)c(C(=O)O)c1O. The van der Waals surface area contributed by atoms with Crippen LogP contribution in [0.5, 0.6) is 11.5 Å². The third-order valence-electron chi connectivity index (χ3n) is 5.78. The highest BCUT2D eigenvalue weighted by atomic mass is 35.5. The maximum atomic E-state index is 12.3. The monoisotopic (exact) mass is 431 g/mol. The first-order valence-corrected chi connectivity index (χ1v) is 9.64. The number of ether oxygens (including phenoxy) is 1. The third-order valence-corrected chi connectivity index (χ3v) is 5.78. The van der Waals surface area contributed by atoms with Crippen molar-refractivity contribution in [3.8, 4) is 22.8 Å². The van der Waals surface area contributed by atoms with Crippen LogP contribution in [0.15, 0.2) is 23.0 Å². The predicted octanol–water partition coefficient (Wildman–Crippen LogP) is 2.55. The van der Waals surface area contributed by atoms with Crippen molar-refractivity contribution in [2.24, 2.45) is 7.05 Å². The van der Waals surface area contributed by atoms with Gasteiger partial charge in [-0.05, 0) is 25.0 Å². The number of nitrogens with one attached hydrogen (secondary N) is 2. The largest absolute Gasteiger partial charge is 0.506 e. The first-order valence-electron chi connectivity index (χ1n) is 9.64. The number of aryl methyl sites for hydroxylation is 1. The fourth-order valence-electron chi connectivity index (χ4n) is 4.01. The molecule has 0 bridgehead atoms. The van der Waals surface area contributed by atoms with Crippen LogP contribution in [-0.4, -0.2) is 38.4 Å². The fourth-order valence-corrected chi connectivity index (χ4v) is 4.01. The number of benzene rings is 1. The molecular weight excluding hydrogens is 410 g/mol. The molecule has 8 nitrogen and oxygen atoms in total. The average Bonchev–Trinajstić information content (AvgIpc) is 3.47. The van der Waals surface area contributed by atoms with Gasteiger partial charge >= 0.3 is 5.97 Å². The molecule has 1 aliphatic carbocycles. The van der Waals surface area contributed by atoms with E-state index >= 15 is 0 Å². The number of aromatic nitrogens is 2. The summed E-state index contributed by atoms with van der Waals surface area (Å²) in [6.07, 6.45) is 2.73. The Kier molecular flexibility index (Phi) is 4.99. The predicted molar refractivity (Wildman–Crippen MR) is 114 cm³/mol. The summed E-state index contributed by atoms with van der Waals surface area (Å²) >= 11 is 0. The zero-order valence-corrected chi connectivity index (χ0v) is 17.1. The van der Waals surface area contributed by atoms with Gasteiger partial charge in [-0.2, -0.15) is 0 Å². The van der Waals surface area contributed by atoms with Gasteiger partial charge in [-0.1, -0.05) is 0 Å². The Bertz CT molecular complexity index is 1230. The van der Waals surface area contributed by atoms with Crippen molar-refractivity contribution in [1.29, 1.82) is 0 Å². The van der Waals surface area contributed by atoms with E-state index in [-0.39, 0.29) is 19.0 Å². The van der Waals surface area contributed by atoms with E-state index in [1.807, 2.05) is 19.2 Å². The zero-order chi connectivity index (χ0) is 20.3. The van der Waals surface area contributed by atoms with Gasteiger partial charge < -0.3 is 29.8 Å². The summed E-state index contributed by atoms with van der Waals surface area (Å²) in [5.74, 6) is -1.35. The Morgan fingerprint density at radius 2 is 2.10 bits per heavy atom. The van der Waals surface area contributed by atoms with Gasteiger partial charge in [-0.15, -0.1) is 12.4 Å². The lowest BCUT2D eigenvalue weighted by Gasteiger charge is -2.12. The number of carbonyl (C=O) groups is 1. The van der Waals surface area contributed by atoms with Crippen LogP contribution in [0.25, 0.3) is 22.2 Å². The molecule has 3 aromatic rings. The molecule has 5 rings (SSSR count). The molecule has 1 aromatic carbocycles. The molecule has 1 saturated carbocycles. The molecule has 3 heterocycles. The van der Waals surface area contributed by atoms with Crippen molar-refractivity contribution < 1.29 is 19.7 Å². The number of hydrogen-bond acceptors (Lipinski definition) is 5. The Balaban J connectivity index is 0.00000218. The summed E-state index contributed by atoms with van der Waals surface area (Å²) in [7, 11) is 2.01. The summed E-state index contributed by atoms with van der Waals surface area (Å²) in [4.78, 5) is 26.3. The quantitative estimate of drug-likeness (QED) is 0.504. The Morgan fingerprint density at radius 3 is 2.80 bits per heavy atom. The normalized spacial score (nSPS) is 15.0. The van der Waals surface area contributed by atoms with Crippen LogP contribution in [0, 0.1) is 0 Å². The highest BCUT2D eigenvalue weighted by Crippen LogP contribution is 2.40. The minimum Gasteiger partial charge on any atom is -0.506 e. The minimum absolute atomic E-state index is 0. The van der Waals surface area contributed by atoms with Crippen molar-refractivity contribution in [3.05, 3.63) is 45.4 Å². The van der Waals surface area contributed by atoms with Gasteiger partial charge in [-0.25, -0.2) is 4.79 Å². The Labute approximate surface area is 177 Å². The molecule has 0 atom stereocenters. The molecule has 30 heavy (non-hydrogen) atoms. The minimum atomic E-state index is -1.46. The van der Waals surface area contributed by atoms with E-state index in [1.165, 1.54) is 12.8 Å². The van der Waals surface area contributed by atoms with Crippen LogP contribution in [0.4, 0.5) is 0 Å². The van der Waals surface area contributed by atoms with Crippen molar-refractivity contribution >= 4 is 29.3 Å². The molecule has 1 fully saturated rings. The molecule has 0 saturated heterocycles. The van der Waals surface area contributed by atoms with Crippen molar-refractivity contribution in [3.63, 3.8) is 0 Å². The van der Waals surface area contributed by atoms with Crippen LogP contribution in [0.3, 0.4) is 0 Å². The summed E-state index contributed by atoms with van der Waals surface area (Å²) in [6, 6.07) is 6.56. The molecular formula is C21H22ClN3O5. The molecule has 158 valence electrons. The van der Waals surface area contributed by atoms with Crippen LogP contribution in [0.2, 0.25) is 0 Å². The van der Waals surface area contributed by atoms with Crippen LogP contribution >= 0.6 is 12.4 Å². The lowest BCUT2D eigenvalue weighted by Crippen LogP contribution is -2.20. The van der Waals surface area contributed by atoms with Gasteiger partial charge in [0.05, 0.1) is 17.8 Å². The Hall–Kier alpha value is -2.97. The van der Waals surface area contributed by atoms with Crippen molar-refractivity contribution in [2.75, 3.05) is 6.61 Å². The van der Waals surface area contributed by atoms with Gasteiger partial charge in [-0.3, -0.25) is 4.79 Å². The molecule has 4 N–H and O–H groups in total. The van der Waals surface area contributed by atoms with E-state index in [9.17, 15) is 19.8 Å². The lowest BCUT2D eigenvalue weighted by molar-refractivity contribution is 0.0691. The molecule has 2 aliphatic rings. The van der Waals surface area contributed by atoms with E-state index in [1.54, 1.807) is 0 Å². The van der Waals surface area contributed by atoms with Gasteiger partial charge in [0.1, 0.15) is 11.5 Å². The zero-order valence-electron chi connectivity index (χ0n) is 16.3. The maximum Gasteiger partial charge on any atom is 0.345 e. The number of carboxylic acid groups (broad SMARTS) is 1. The topological polar surface area (TPSA) is 117 Å². The van der Waals surface area contributed by atoms with Crippen molar-refractivity contribution in [2.45, 2.75) is 31.8 Å². The molecule has 0 radical (unpaired) electrons. The van der Waals surface area contributed by atoms with E-state index in [0.717, 1.165) is 23.1 Å². The van der Waals surface area contributed by atoms with E-state index in [2.05, 4.69) is 20.9 Å². The smallest absolute Gasteiger partial charge is 0.345 e. The second-order valence-corrected chi connectivity index (χ2v) is 7.69. The number of fused-ring (bicyclic) bond motifs is 4. The number of H-pyrrole nitrogens is 1. The second-order valence-electron chi connectivity index (χ2n) is 7.69. The standard InChI is InChI=1S/C21H21N3O5.ClH/c1-24-12(9-22-11-2-3-11)6-10-7-14-16(8-15(10)24)29-5-4-13-18(14)23-20(26)17(19(13)25)21(27)28;/h6-8,11,22H,2-5,9H2,1H3,(H,27,28)(H2,23,25,26);1H. The second kappa shape index (κ2) is 7.37. The molecule has 2 aromatic heterocycles. The molecule has 0 spiro atoms. The van der Waals surface area contributed by atoms with Crippen LogP contribution in [-0.2, 0) is 20.0 Å².